The third-order valence-electron chi connectivity index (χ3n) is 3.73. The topological polar surface area (TPSA) is 58.4 Å². The molecule has 1 atom stereocenters. The van der Waals surface area contributed by atoms with Gasteiger partial charge >= 0.3 is 0 Å². The molecule has 0 spiro atoms. The molecular formula is C15H19Cl2N3O. The van der Waals surface area contributed by atoms with E-state index in [0.717, 1.165) is 19.5 Å². The summed E-state index contributed by atoms with van der Waals surface area (Å²) in [7, 11) is 0. The maximum absolute atomic E-state index is 12.4. The molecule has 21 heavy (non-hydrogen) atoms. The predicted molar refractivity (Wildman–Crippen MR) is 88.9 cm³/mol. The molecule has 1 aliphatic heterocycles. The third-order valence-corrected chi connectivity index (χ3v) is 4.24. The Kier molecular flexibility index (Phi) is 5.14. The first kappa shape index (κ1) is 16.1. The van der Waals surface area contributed by atoms with Crippen LogP contribution in [0.1, 0.15) is 20.3 Å². The molecule has 1 unspecified atom stereocenters. The fourth-order valence-corrected chi connectivity index (χ4v) is 2.81. The second-order valence-electron chi connectivity index (χ2n) is 5.31. The normalized spacial score (nSPS) is 17.2. The summed E-state index contributed by atoms with van der Waals surface area (Å²) in [5, 5.41) is 3.58. The Morgan fingerprint density at radius 3 is 2.71 bits per heavy atom. The number of rotatable bonds is 3. The molecule has 3 N–H and O–H groups in total. The number of amides is 1. The maximum Gasteiger partial charge on any atom is 0.241 e. The first-order chi connectivity index (χ1) is 9.88. The van der Waals surface area contributed by atoms with Gasteiger partial charge in [0.05, 0.1) is 22.4 Å². The summed E-state index contributed by atoms with van der Waals surface area (Å²) in [4.78, 5) is 14.5. The van der Waals surface area contributed by atoms with E-state index in [9.17, 15) is 4.79 Å². The fourth-order valence-electron chi connectivity index (χ4n) is 2.26. The van der Waals surface area contributed by atoms with E-state index >= 15 is 0 Å². The van der Waals surface area contributed by atoms with E-state index in [4.69, 9.17) is 28.9 Å². The average Bonchev–Trinajstić information content (AvgIpc) is 2.42. The number of carbonyl (C=O) groups is 1. The van der Waals surface area contributed by atoms with Crippen molar-refractivity contribution in [2.24, 2.45) is 0 Å². The van der Waals surface area contributed by atoms with E-state index in [1.807, 2.05) is 6.92 Å². The lowest BCUT2D eigenvalue weighted by Crippen LogP contribution is -2.44. The van der Waals surface area contributed by atoms with Crippen LogP contribution in [0.5, 0.6) is 0 Å². The van der Waals surface area contributed by atoms with Gasteiger partial charge in [0.15, 0.2) is 0 Å². The smallest absolute Gasteiger partial charge is 0.241 e. The molecule has 0 fully saturated rings. The summed E-state index contributed by atoms with van der Waals surface area (Å²) in [6.45, 7) is 5.64. The van der Waals surface area contributed by atoms with Crippen LogP contribution in [-0.2, 0) is 4.79 Å². The van der Waals surface area contributed by atoms with E-state index in [0.29, 0.717) is 21.4 Å². The van der Waals surface area contributed by atoms with Gasteiger partial charge in [-0.3, -0.25) is 9.69 Å². The quantitative estimate of drug-likeness (QED) is 0.659. The number of halogens is 2. The van der Waals surface area contributed by atoms with Gasteiger partial charge in [-0.2, -0.15) is 0 Å². The Labute approximate surface area is 134 Å². The molecule has 0 saturated carbocycles. The molecule has 1 aromatic carbocycles. The fraction of sp³-hybridized carbons (Fsp3) is 0.400. The van der Waals surface area contributed by atoms with Crippen LogP contribution in [0.2, 0.25) is 10.0 Å². The van der Waals surface area contributed by atoms with Crippen molar-refractivity contribution in [1.29, 1.82) is 0 Å². The lowest BCUT2D eigenvalue weighted by molar-refractivity contribution is -0.120. The van der Waals surface area contributed by atoms with Gasteiger partial charge in [-0.1, -0.05) is 34.9 Å². The lowest BCUT2D eigenvalue weighted by Gasteiger charge is -2.30. The first-order valence-corrected chi connectivity index (χ1v) is 7.59. The zero-order chi connectivity index (χ0) is 15.6. The van der Waals surface area contributed by atoms with Crippen molar-refractivity contribution in [2.75, 3.05) is 24.1 Å². The van der Waals surface area contributed by atoms with Crippen molar-refractivity contribution >= 4 is 40.5 Å². The van der Waals surface area contributed by atoms with Gasteiger partial charge in [-0.25, -0.2) is 0 Å². The van der Waals surface area contributed by atoms with Crippen LogP contribution >= 0.6 is 23.2 Å². The summed E-state index contributed by atoms with van der Waals surface area (Å²) >= 11 is 12.0. The van der Waals surface area contributed by atoms with Crippen LogP contribution in [0.4, 0.5) is 11.4 Å². The number of nitrogen functional groups attached to an aromatic ring is 1. The summed E-state index contributed by atoms with van der Waals surface area (Å²) in [6.07, 6.45) is 3.14. The van der Waals surface area contributed by atoms with E-state index < -0.39 is 0 Å². The van der Waals surface area contributed by atoms with Gasteiger partial charge in [-0.05, 0) is 32.4 Å². The molecule has 114 valence electrons. The molecular weight excluding hydrogens is 309 g/mol. The molecule has 1 aromatic rings. The molecule has 1 amide bonds. The highest BCUT2D eigenvalue weighted by Crippen LogP contribution is 2.32. The molecule has 0 radical (unpaired) electrons. The molecule has 0 aliphatic carbocycles. The second-order valence-corrected chi connectivity index (χ2v) is 6.16. The predicted octanol–water partition coefficient (Wildman–Crippen LogP) is 3.55. The molecule has 4 nitrogen and oxygen atoms in total. The molecule has 0 bridgehead atoms. The van der Waals surface area contributed by atoms with E-state index in [-0.39, 0.29) is 11.9 Å². The van der Waals surface area contributed by atoms with Crippen LogP contribution in [0.3, 0.4) is 0 Å². The third kappa shape index (κ3) is 3.90. The Balaban J connectivity index is 2.08. The summed E-state index contributed by atoms with van der Waals surface area (Å²) in [5.41, 5.74) is 8.01. The number of hydrogen-bond donors (Lipinski definition) is 2. The number of carbonyl (C=O) groups excluding carboxylic acids is 1. The standard InChI is InChI=1S/C15H19Cl2N3O/c1-9-3-5-20(6-4-9)10(2)15(21)19-14-12(17)7-11(16)8-13(14)18/h3,7-8,10H,4-6,18H2,1-2H3,(H,19,21). The molecule has 1 heterocycles. The summed E-state index contributed by atoms with van der Waals surface area (Å²) in [6, 6.07) is 2.88. The van der Waals surface area contributed by atoms with E-state index in [1.165, 1.54) is 5.57 Å². The molecule has 2 rings (SSSR count). The highest BCUT2D eigenvalue weighted by atomic mass is 35.5. The largest absolute Gasteiger partial charge is 0.397 e. The van der Waals surface area contributed by atoms with Crippen LogP contribution in [0, 0.1) is 0 Å². The highest BCUT2D eigenvalue weighted by Gasteiger charge is 2.23. The molecule has 1 aliphatic rings. The Morgan fingerprint density at radius 2 is 2.14 bits per heavy atom. The van der Waals surface area contributed by atoms with E-state index in [1.54, 1.807) is 12.1 Å². The van der Waals surface area contributed by atoms with Crippen LogP contribution in [0.25, 0.3) is 0 Å². The molecule has 0 aromatic heterocycles. The first-order valence-electron chi connectivity index (χ1n) is 6.83. The minimum atomic E-state index is -0.250. The van der Waals surface area contributed by atoms with Crippen LogP contribution in [-0.4, -0.2) is 29.9 Å². The van der Waals surface area contributed by atoms with E-state index in [2.05, 4.69) is 23.2 Å². The van der Waals surface area contributed by atoms with Gasteiger partial charge in [0, 0.05) is 18.1 Å². The van der Waals surface area contributed by atoms with Crippen LogP contribution < -0.4 is 11.1 Å². The van der Waals surface area contributed by atoms with Crippen molar-refractivity contribution in [3.8, 4) is 0 Å². The number of hydrogen-bond acceptors (Lipinski definition) is 3. The van der Waals surface area contributed by atoms with Gasteiger partial charge in [-0.15, -0.1) is 0 Å². The van der Waals surface area contributed by atoms with Crippen molar-refractivity contribution < 1.29 is 4.79 Å². The van der Waals surface area contributed by atoms with Gasteiger partial charge in [0.25, 0.3) is 0 Å². The van der Waals surface area contributed by atoms with Gasteiger partial charge in [0.2, 0.25) is 5.91 Å². The Hall–Kier alpha value is -1.23. The lowest BCUT2D eigenvalue weighted by atomic mass is 10.1. The highest BCUT2D eigenvalue weighted by molar-refractivity contribution is 6.37. The van der Waals surface area contributed by atoms with Crippen molar-refractivity contribution in [1.82, 2.24) is 4.90 Å². The van der Waals surface area contributed by atoms with Gasteiger partial charge in [0.1, 0.15) is 0 Å². The SMILES string of the molecule is CC1=CCN(C(C)C(=O)Nc2c(N)cc(Cl)cc2Cl)CC1. The maximum atomic E-state index is 12.4. The zero-order valence-electron chi connectivity index (χ0n) is 12.1. The number of nitrogens with one attached hydrogen (secondary N) is 1. The minimum Gasteiger partial charge on any atom is -0.397 e. The Bertz CT molecular complexity index is 563. The van der Waals surface area contributed by atoms with Crippen molar-refractivity contribution in [3.63, 3.8) is 0 Å². The molecule has 6 heteroatoms. The monoisotopic (exact) mass is 327 g/mol. The van der Waals surface area contributed by atoms with Crippen molar-refractivity contribution in [2.45, 2.75) is 26.3 Å². The Morgan fingerprint density at radius 1 is 1.43 bits per heavy atom. The van der Waals surface area contributed by atoms with Gasteiger partial charge < -0.3 is 11.1 Å². The zero-order valence-corrected chi connectivity index (χ0v) is 13.6. The summed E-state index contributed by atoms with van der Waals surface area (Å²) in [5.74, 6) is -0.126. The van der Waals surface area contributed by atoms with Crippen molar-refractivity contribution in [3.05, 3.63) is 33.8 Å². The second kappa shape index (κ2) is 6.69. The average molecular weight is 328 g/mol. The minimum absolute atomic E-state index is 0.126. The van der Waals surface area contributed by atoms with Crippen LogP contribution in [0.15, 0.2) is 23.8 Å². The molecule has 0 saturated heterocycles. The summed E-state index contributed by atoms with van der Waals surface area (Å²) < 4.78 is 0. The number of nitrogens with two attached hydrogens (primary N) is 1. The number of nitrogens with zero attached hydrogens (tertiary/aromatic N) is 1. The number of benzene rings is 1. The number of anilines is 2.